The van der Waals surface area contributed by atoms with Gasteiger partial charge in [-0.25, -0.2) is 0 Å². The van der Waals surface area contributed by atoms with Crippen LogP contribution in [0.1, 0.15) is 18.1 Å². The first-order valence-electron chi connectivity index (χ1n) is 7.22. The minimum atomic E-state index is -0.0258. The van der Waals surface area contributed by atoms with Crippen molar-refractivity contribution in [2.45, 2.75) is 18.9 Å². The maximum absolute atomic E-state index is 6.07. The Bertz CT molecular complexity index is 570. The number of likely N-dealkylation sites (N-methyl/N-ethyl adjacent to an activating group) is 1. The van der Waals surface area contributed by atoms with E-state index >= 15 is 0 Å². The van der Waals surface area contributed by atoms with Gasteiger partial charge in [-0.15, -0.1) is 0 Å². The third kappa shape index (κ3) is 4.40. The largest absolute Gasteiger partial charge is 0.330 e. The van der Waals surface area contributed by atoms with E-state index in [-0.39, 0.29) is 5.41 Å². The summed E-state index contributed by atoms with van der Waals surface area (Å²) in [5.41, 5.74) is 8.65. The summed E-state index contributed by atoms with van der Waals surface area (Å²) in [6.45, 7) is 4.72. The highest BCUT2D eigenvalue weighted by molar-refractivity contribution is 9.10. The number of nitrogens with zero attached hydrogens (tertiary/aromatic N) is 1. The second kappa shape index (κ2) is 7.21. The van der Waals surface area contributed by atoms with Gasteiger partial charge in [0.15, 0.2) is 0 Å². The zero-order valence-electron chi connectivity index (χ0n) is 12.7. The van der Waals surface area contributed by atoms with Crippen molar-refractivity contribution in [2.24, 2.45) is 5.73 Å². The second-order valence-electron chi connectivity index (χ2n) is 5.93. The predicted octanol–water partition coefficient (Wildman–Crippen LogP) is 3.80. The van der Waals surface area contributed by atoms with Crippen molar-refractivity contribution in [1.29, 1.82) is 0 Å². The lowest BCUT2D eigenvalue weighted by molar-refractivity contribution is 0.252. The molecule has 2 aromatic carbocycles. The van der Waals surface area contributed by atoms with Crippen LogP contribution in [0.25, 0.3) is 0 Å². The van der Waals surface area contributed by atoms with Gasteiger partial charge in [0.2, 0.25) is 0 Å². The Morgan fingerprint density at radius 3 is 2.43 bits per heavy atom. The third-order valence-corrected chi connectivity index (χ3v) is 4.37. The highest BCUT2D eigenvalue weighted by Gasteiger charge is 2.26. The van der Waals surface area contributed by atoms with Gasteiger partial charge in [-0.3, -0.25) is 0 Å². The van der Waals surface area contributed by atoms with E-state index in [2.05, 4.69) is 83.3 Å². The van der Waals surface area contributed by atoms with Crippen molar-refractivity contribution in [3.05, 3.63) is 70.2 Å². The lowest BCUT2D eigenvalue weighted by Gasteiger charge is -2.33. The van der Waals surface area contributed by atoms with Crippen LogP contribution in [-0.2, 0) is 12.0 Å². The van der Waals surface area contributed by atoms with Crippen LogP contribution in [0.4, 0.5) is 0 Å². The fraction of sp³-hybridized carbons (Fsp3) is 0.333. The molecule has 0 aliphatic heterocycles. The summed E-state index contributed by atoms with van der Waals surface area (Å²) in [7, 11) is 2.15. The van der Waals surface area contributed by atoms with Crippen LogP contribution in [0.15, 0.2) is 59.1 Å². The van der Waals surface area contributed by atoms with Gasteiger partial charge in [0.1, 0.15) is 0 Å². The number of hydrogen-bond donors (Lipinski definition) is 1. The van der Waals surface area contributed by atoms with Gasteiger partial charge < -0.3 is 10.6 Å². The molecule has 0 radical (unpaired) electrons. The molecule has 1 atom stereocenters. The third-order valence-electron chi connectivity index (χ3n) is 3.88. The molecule has 1 unspecified atom stereocenters. The average molecular weight is 347 g/mol. The van der Waals surface area contributed by atoms with E-state index in [1.807, 2.05) is 6.07 Å². The first-order valence-corrected chi connectivity index (χ1v) is 8.01. The molecule has 0 spiro atoms. The SMILES string of the molecule is CN(Cc1cccc(Br)c1)CC(C)(CN)c1ccccc1. The molecule has 112 valence electrons. The average Bonchev–Trinajstić information content (AvgIpc) is 2.48. The maximum Gasteiger partial charge on any atom is 0.0231 e. The highest BCUT2D eigenvalue weighted by Crippen LogP contribution is 2.24. The van der Waals surface area contributed by atoms with Gasteiger partial charge in [0.05, 0.1) is 0 Å². The summed E-state index contributed by atoms with van der Waals surface area (Å²) in [6.07, 6.45) is 0. The first kappa shape index (κ1) is 16.2. The van der Waals surface area contributed by atoms with Crippen molar-refractivity contribution in [2.75, 3.05) is 20.1 Å². The molecule has 3 heteroatoms. The molecule has 2 aromatic rings. The molecule has 0 saturated heterocycles. The van der Waals surface area contributed by atoms with Crippen molar-refractivity contribution < 1.29 is 0 Å². The fourth-order valence-corrected chi connectivity index (χ4v) is 3.16. The van der Waals surface area contributed by atoms with E-state index < -0.39 is 0 Å². The first-order chi connectivity index (χ1) is 10.0. The van der Waals surface area contributed by atoms with E-state index in [1.165, 1.54) is 11.1 Å². The van der Waals surface area contributed by atoms with E-state index in [1.54, 1.807) is 0 Å². The summed E-state index contributed by atoms with van der Waals surface area (Å²) in [6, 6.07) is 19.0. The van der Waals surface area contributed by atoms with Crippen LogP contribution in [-0.4, -0.2) is 25.0 Å². The Kier molecular flexibility index (Phi) is 5.57. The fourth-order valence-electron chi connectivity index (χ4n) is 2.71. The molecular weight excluding hydrogens is 324 g/mol. The summed E-state index contributed by atoms with van der Waals surface area (Å²) in [5.74, 6) is 0. The summed E-state index contributed by atoms with van der Waals surface area (Å²) in [4.78, 5) is 2.33. The van der Waals surface area contributed by atoms with Crippen LogP contribution in [0.5, 0.6) is 0 Å². The van der Waals surface area contributed by atoms with Crippen LogP contribution in [0.2, 0.25) is 0 Å². The van der Waals surface area contributed by atoms with Crippen LogP contribution in [0, 0.1) is 0 Å². The van der Waals surface area contributed by atoms with Crippen LogP contribution >= 0.6 is 15.9 Å². The molecule has 0 bridgehead atoms. The summed E-state index contributed by atoms with van der Waals surface area (Å²) >= 11 is 3.53. The van der Waals surface area contributed by atoms with Gasteiger partial charge in [0.25, 0.3) is 0 Å². The van der Waals surface area contributed by atoms with E-state index in [4.69, 9.17) is 5.73 Å². The van der Waals surface area contributed by atoms with Crippen molar-refractivity contribution >= 4 is 15.9 Å². The van der Waals surface area contributed by atoms with Gasteiger partial charge in [-0.1, -0.05) is 65.3 Å². The molecule has 0 saturated carbocycles. The molecule has 21 heavy (non-hydrogen) atoms. The van der Waals surface area contributed by atoms with E-state index in [0.29, 0.717) is 6.54 Å². The molecule has 0 aliphatic rings. The number of benzene rings is 2. The van der Waals surface area contributed by atoms with Gasteiger partial charge in [0, 0.05) is 29.5 Å². The molecular formula is C18H23BrN2. The zero-order chi connectivity index (χ0) is 15.3. The Hall–Kier alpha value is -1.16. The number of hydrogen-bond acceptors (Lipinski definition) is 2. The molecule has 0 fully saturated rings. The summed E-state index contributed by atoms with van der Waals surface area (Å²) in [5, 5.41) is 0. The van der Waals surface area contributed by atoms with E-state index in [9.17, 15) is 0 Å². The lowest BCUT2D eigenvalue weighted by atomic mass is 9.82. The van der Waals surface area contributed by atoms with Gasteiger partial charge in [-0.05, 0) is 30.3 Å². The Labute approximate surface area is 136 Å². The minimum Gasteiger partial charge on any atom is -0.330 e. The van der Waals surface area contributed by atoms with Crippen LogP contribution < -0.4 is 5.73 Å². The molecule has 2 rings (SSSR count). The standard InChI is InChI=1S/C18H23BrN2/c1-18(13-20,16-8-4-3-5-9-16)14-21(2)12-15-7-6-10-17(19)11-15/h3-11H,12-14,20H2,1-2H3. The molecule has 0 heterocycles. The molecule has 2 N–H and O–H groups in total. The lowest BCUT2D eigenvalue weighted by Crippen LogP contribution is -2.42. The highest BCUT2D eigenvalue weighted by atomic mass is 79.9. The van der Waals surface area contributed by atoms with Crippen molar-refractivity contribution in [3.8, 4) is 0 Å². The van der Waals surface area contributed by atoms with Gasteiger partial charge >= 0.3 is 0 Å². The predicted molar refractivity (Wildman–Crippen MR) is 93.3 cm³/mol. The smallest absolute Gasteiger partial charge is 0.0231 e. The number of halogens is 1. The summed E-state index contributed by atoms with van der Waals surface area (Å²) < 4.78 is 1.12. The maximum atomic E-state index is 6.07. The number of rotatable bonds is 6. The Morgan fingerprint density at radius 2 is 1.81 bits per heavy atom. The quantitative estimate of drug-likeness (QED) is 0.861. The van der Waals surface area contributed by atoms with Crippen LogP contribution in [0.3, 0.4) is 0 Å². The normalized spacial score (nSPS) is 14.1. The Balaban J connectivity index is 2.08. The minimum absolute atomic E-state index is 0.0258. The second-order valence-corrected chi connectivity index (χ2v) is 6.85. The molecule has 0 amide bonds. The zero-order valence-corrected chi connectivity index (χ0v) is 14.3. The topological polar surface area (TPSA) is 29.3 Å². The molecule has 0 aromatic heterocycles. The molecule has 2 nitrogen and oxygen atoms in total. The number of nitrogens with two attached hydrogens (primary N) is 1. The van der Waals surface area contributed by atoms with Crippen molar-refractivity contribution in [1.82, 2.24) is 4.90 Å². The van der Waals surface area contributed by atoms with Crippen molar-refractivity contribution in [3.63, 3.8) is 0 Å². The molecule has 0 aliphatic carbocycles. The van der Waals surface area contributed by atoms with Gasteiger partial charge in [-0.2, -0.15) is 0 Å². The monoisotopic (exact) mass is 346 g/mol. The van der Waals surface area contributed by atoms with E-state index in [0.717, 1.165) is 17.6 Å². The Morgan fingerprint density at radius 1 is 1.10 bits per heavy atom.